The van der Waals surface area contributed by atoms with Crippen molar-refractivity contribution < 1.29 is 4.79 Å². The van der Waals surface area contributed by atoms with E-state index >= 15 is 0 Å². The van der Waals surface area contributed by atoms with E-state index < -0.39 is 0 Å². The van der Waals surface area contributed by atoms with Gasteiger partial charge in [-0.1, -0.05) is 6.92 Å². The molecule has 23 heavy (non-hydrogen) atoms. The molecule has 0 saturated carbocycles. The Morgan fingerprint density at radius 1 is 1.39 bits per heavy atom. The molecule has 3 heterocycles. The van der Waals surface area contributed by atoms with Gasteiger partial charge >= 0.3 is 0 Å². The van der Waals surface area contributed by atoms with Crippen LogP contribution in [0.5, 0.6) is 0 Å². The van der Waals surface area contributed by atoms with E-state index in [1.54, 1.807) is 6.20 Å². The maximum atomic E-state index is 12.9. The predicted octanol–water partition coefficient (Wildman–Crippen LogP) is 1.14. The number of rotatable bonds is 3. The zero-order chi connectivity index (χ0) is 15.8. The molecular formula is C16H22N6O. The van der Waals surface area contributed by atoms with Gasteiger partial charge in [0.2, 0.25) is 0 Å². The van der Waals surface area contributed by atoms with Crippen LogP contribution in [-0.4, -0.2) is 62.1 Å². The Bertz CT molecular complexity index is 691. The summed E-state index contributed by atoms with van der Waals surface area (Å²) >= 11 is 0. The van der Waals surface area contributed by atoms with Gasteiger partial charge in [-0.05, 0) is 25.8 Å². The van der Waals surface area contributed by atoms with Gasteiger partial charge in [0.05, 0.1) is 6.04 Å². The standard InChI is InChI=1S/C16H22N6O/c1-2-21-8-9-22(10-13(21)15-17-6-7-18-15)16(23)14-11-4-3-5-12(11)19-20-14/h6-7,13H,2-5,8-10H2,1H3,(H,17,18)(H,19,20)/t13-/m0/s1. The largest absolute Gasteiger partial charge is 0.347 e. The third-order valence-electron chi connectivity index (χ3n) is 5.03. The number of nitrogens with one attached hydrogen (secondary N) is 2. The number of hydrogen-bond donors (Lipinski definition) is 2. The summed E-state index contributed by atoms with van der Waals surface area (Å²) in [6.07, 6.45) is 6.69. The third-order valence-corrected chi connectivity index (χ3v) is 5.03. The first-order valence-electron chi connectivity index (χ1n) is 8.36. The molecule has 0 radical (unpaired) electrons. The Balaban J connectivity index is 1.56. The number of piperazine rings is 1. The van der Waals surface area contributed by atoms with E-state index in [-0.39, 0.29) is 11.9 Å². The van der Waals surface area contributed by atoms with E-state index in [4.69, 9.17) is 0 Å². The van der Waals surface area contributed by atoms with Crippen molar-refractivity contribution in [3.63, 3.8) is 0 Å². The lowest BCUT2D eigenvalue weighted by Crippen LogP contribution is -2.50. The summed E-state index contributed by atoms with van der Waals surface area (Å²) in [6, 6.07) is 0.125. The Labute approximate surface area is 135 Å². The van der Waals surface area contributed by atoms with E-state index in [1.807, 2.05) is 11.1 Å². The molecule has 122 valence electrons. The number of nitrogens with zero attached hydrogens (tertiary/aromatic N) is 4. The molecule has 0 spiro atoms. The smallest absolute Gasteiger partial charge is 0.274 e. The number of aryl methyl sites for hydroxylation is 1. The first kappa shape index (κ1) is 14.4. The van der Waals surface area contributed by atoms with Crippen molar-refractivity contribution in [1.82, 2.24) is 30.0 Å². The van der Waals surface area contributed by atoms with Gasteiger partial charge in [0.1, 0.15) is 5.82 Å². The fourth-order valence-corrected chi connectivity index (χ4v) is 3.75. The quantitative estimate of drug-likeness (QED) is 0.890. The Morgan fingerprint density at radius 2 is 2.30 bits per heavy atom. The fourth-order valence-electron chi connectivity index (χ4n) is 3.75. The maximum Gasteiger partial charge on any atom is 0.274 e. The number of amides is 1. The van der Waals surface area contributed by atoms with Crippen LogP contribution in [-0.2, 0) is 12.8 Å². The van der Waals surface area contributed by atoms with Crippen molar-refractivity contribution >= 4 is 5.91 Å². The summed E-state index contributed by atoms with van der Waals surface area (Å²) in [7, 11) is 0. The van der Waals surface area contributed by atoms with Crippen LogP contribution in [0.2, 0.25) is 0 Å². The van der Waals surface area contributed by atoms with Gasteiger partial charge in [-0.25, -0.2) is 4.98 Å². The van der Waals surface area contributed by atoms with Crippen LogP contribution in [0.15, 0.2) is 12.4 Å². The zero-order valence-electron chi connectivity index (χ0n) is 13.4. The van der Waals surface area contributed by atoms with Crippen LogP contribution in [0.1, 0.15) is 47.0 Å². The monoisotopic (exact) mass is 314 g/mol. The van der Waals surface area contributed by atoms with Gasteiger partial charge in [0, 0.05) is 43.3 Å². The summed E-state index contributed by atoms with van der Waals surface area (Å²) in [4.78, 5) is 24.8. The molecule has 1 atom stereocenters. The fraction of sp³-hybridized carbons (Fsp3) is 0.562. The van der Waals surface area contributed by atoms with Gasteiger partial charge < -0.3 is 9.88 Å². The van der Waals surface area contributed by atoms with Gasteiger partial charge in [0.15, 0.2) is 5.69 Å². The zero-order valence-corrected chi connectivity index (χ0v) is 13.4. The number of aromatic amines is 2. The highest BCUT2D eigenvalue weighted by atomic mass is 16.2. The van der Waals surface area contributed by atoms with Crippen molar-refractivity contribution in [2.24, 2.45) is 0 Å². The second kappa shape index (κ2) is 5.81. The molecule has 2 aliphatic rings. The minimum absolute atomic E-state index is 0.0525. The second-order valence-electron chi connectivity index (χ2n) is 6.25. The number of fused-ring (bicyclic) bond motifs is 1. The number of likely N-dealkylation sites (N-methyl/N-ethyl adjacent to an activating group) is 1. The molecule has 7 nitrogen and oxygen atoms in total. The van der Waals surface area contributed by atoms with Crippen molar-refractivity contribution in [3.05, 3.63) is 35.2 Å². The van der Waals surface area contributed by atoms with E-state index in [9.17, 15) is 4.79 Å². The highest BCUT2D eigenvalue weighted by Gasteiger charge is 2.34. The number of imidazole rings is 1. The molecule has 0 bridgehead atoms. The summed E-state index contributed by atoms with van der Waals surface area (Å²) < 4.78 is 0. The number of hydrogen-bond acceptors (Lipinski definition) is 4. The van der Waals surface area contributed by atoms with Crippen molar-refractivity contribution in [2.75, 3.05) is 26.2 Å². The lowest BCUT2D eigenvalue weighted by molar-refractivity contribution is 0.0474. The number of carbonyl (C=O) groups excluding carboxylic acids is 1. The first-order chi connectivity index (χ1) is 11.3. The lowest BCUT2D eigenvalue weighted by atomic mass is 10.1. The Morgan fingerprint density at radius 3 is 3.09 bits per heavy atom. The summed E-state index contributed by atoms with van der Waals surface area (Å²) in [5.41, 5.74) is 2.89. The summed E-state index contributed by atoms with van der Waals surface area (Å²) in [6.45, 7) is 5.35. The average molecular weight is 314 g/mol. The van der Waals surface area contributed by atoms with E-state index in [1.165, 1.54) is 0 Å². The van der Waals surface area contributed by atoms with E-state index in [0.29, 0.717) is 12.2 Å². The van der Waals surface area contributed by atoms with Crippen molar-refractivity contribution in [2.45, 2.75) is 32.2 Å². The maximum absolute atomic E-state index is 12.9. The molecule has 2 N–H and O–H groups in total. The molecule has 1 amide bonds. The Hall–Kier alpha value is -2.15. The third kappa shape index (κ3) is 2.45. The lowest BCUT2D eigenvalue weighted by Gasteiger charge is -2.39. The summed E-state index contributed by atoms with van der Waals surface area (Å²) in [5.74, 6) is 0.980. The van der Waals surface area contributed by atoms with Crippen LogP contribution >= 0.6 is 0 Å². The first-order valence-corrected chi connectivity index (χ1v) is 8.36. The molecule has 1 saturated heterocycles. The molecule has 2 aromatic rings. The SMILES string of the molecule is CCN1CCN(C(=O)c2n[nH]c3c2CCC3)C[C@H]1c1ncc[nH]1. The van der Waals surface area contributed by atoms with Crippen LogP contribution in [0.4, 0.5) is 0 Å². The number of aromatic nitrogens is 4. The molecule has 1 fully saturated rings. The highest BCUT2D eigenvalue weighted by Crippen LogP contribution is 2.27. The van der Waals surface area contributed by atoms with Gasteiger partial charge in [-0.3, -0.25) is 14.8 Å². The molecular weight excluding hydrogens is 292 g/mol. The van der Waals surface area contributed by atoms with Crippen molar-refractivity contribution in [3.8, 4) is 0 Å². The molecule has 1 aliphatic carbocycles. The predicted molar refractivity (Wildman–Crippen MR) is 85.1 cm³/mol. The number of carbonyl (C=O) groups is 1. The van der Waals surface area contributed by atoms with Crippen LogP contribution in [0.25, 0.3) is 0 Å². The van der Waals surface area contributed by atoms with Crippen molar-refractivity contribution in [1.29, 1.82) is 0 Å². The van der Waals surface area contributed by atoms with E-state index in [0.717, 1.165) is 56.0 Å². The van der Waals surface area contributed by atoms with Crippen LogP contribution < -0.4 is 0 Å². The molecule has 0 unspecified atom stereocenters. The molecule has 7 heteroatoms. The second-order valence-corrected chi connectivity index (χ2v) is 6.25. The molecule has 0 aromatic carbocycles. The molecule has 4 rings (SSSR count). The number of H-pyrrole nitrogens is 2. The van der Waals surface area contributed by atoms with Gasteiger partial charge in [-0.2, -0.15) is 5.10 Å². The van der Waals surface area contributed by atoms with E-state index in [2.05, 4.69) is 32.0 Å². The minimum Gasteiger partial charge on any atom is -0.347 e. The molecule has 2 aromatic heterocycles. The summed E-state index contributed by atoms with van der Waals surface area (Å²) in [5, 5.41) is 7.33. The topological polar surface area (TPSA) is 80.9 Å². The van der Waals surface area contributed by atoms with Gasteiger partial charge in [0.25, 0.3) is 5.91 Å². The van der Waals surface area contributed by atoms with Gasteiger partial charge in [-0.15, -0.1) is 0 Å². The molecule has 1 aliphatic heterocycles. The van der Waals surface area contributed by atoms with Crippen LogP contribution in [0.3, 0.4) is 0 Å². The average Bonchev–Trinajstić information content (AvgIpc) is 3.30. The normalized spacial score (nSPS) is 21.6. The highest BCUT2D eigenvalue weighted by molar-refractivity contribution is 5.94. The van der Waals surface area contributed by atoms with Crippen LogP contribution in [0, 0.1) is 0 Å². The minimum atomic E-state index is 0.0525. The Kier molecular flexibility index (Phi) is 3.65.